The van der Waals surface area contributed by atoms with E-state index in [2.05, 4.69) is 15.3 Å². The fourth-order valence-electron chi connectivity index (χ4n) is 1.23. The highest BCUT2D eigenvalue weighted by molar-refractivity contribution is 5.85. The maximum atomic E-state index is 12.4. The maximum Gasteiger partial charge on any atom is 0.417 e. The quantitative estimate of drug-likeness (QED) is 0.879. The van der Waals surface area contributed by atoms with Gasteiger partial charge in [0, 0.05) is 12.4 Å². The Morgan fingerprint density at radius 2 is 1.89 bits per heavy atom. The summed E-state index contributed by atoms with van der Waals surface area (Å²) in [6.07, 6.45) is -0.584. The highest BCUT2D eigenvalue weighted by Gasteiger charge is 2.31. The standard InChI is InChI=1S/C10H8F3N3.2ClH/c11-10(12,13)7-4-8(6-14-5-7)16-9-2-1-3-15-9;;/h1-6,15-16H;2*1H. The van der Waals surface area contributed by atoms with Crippen LogP contribution < -0.4 is 5.32 Å². The predicted octanol–water partition coefficient (Wildman–Crippen LogP) is 4.02. The molecule has 18 heavy (non-hydrogen) atoms. The van der Waals surface area contributed by atoms with Crippen LogP contribution in [-0.4, -0.2) is 9.97 Å². The van der Waals surface area contributed by atoms with Crippen LogP contribution in [-0.2, 0) is 6.18 Å². The zero-order valence-corrected chi connectivity index (χ0v) is 10.5. The highest BCUT2D eigenvalue weighted by Crippen LogP contribution is 2.30. The molecule has 0 saturated heterocycles. The number of nitrogens with zero attached hydrogens (tertiary/aromatic N) is 1. The van der Waals surface area contributed by atoms with Crippen LogP contribution in [0.5, 0.6) is 0 Å². The molecule has 0 aliphatic carbocycles. The molecule has 2 aromatic heterocycles. The van der Waals surface area contributed by atoms with Crippen LogP contribution in [0.4, 0.5) is 24.7 Å². The summed E-state index contributed by atoms with van der Waals surface area (Å²) in [7, 11) is 0. The van der Waals surface area contributed by atoms with Crippen molar-refractivity contribution in [1.82, 2.24) is 9.97 Å². The molecule has 100 valence electrons. The molecule has 0 aromatic carbocycles. The van der Waals surface area contributed by atoms with Crippen molar-refractivity contribution in [3.8, 4) is 0 Å². The third kappa shape index (κ3) is 4.12. The van der Waals surface area contributed by atoms with Crippen molar-refractivity contribution in [3.63, 3.8) is 0 Å². The van der Waals surface area contributed by atoms with Crippen LogP contribution in [0.25, 0.3) is 0 Å². The number of halogens is 5. The second-order valence-electron chi connectivity index (χ2n) is 3.17. The van der Waals surface area contributed by atoms with Crippen LogP contribution in [0.3, 0.4) is 0 Å². The second-order valence-corrected chi connectivity index (χ2v) is 3.17. The van der Waals surface area contributed by atoms with E-state index >= 15 is 0 Å². The molecule has 8 heteroatoms. The molecular formula is C10H10Cl2F3N3. The molecular weight excluding hydrogens is 290 g/mol. The number of H-pyrrole nitrogens is 1. The first-order chi connectivity index (χ1) is 7.55. The number of aromatic amines is 1. The van der Waals surface area contributed by atoms with Gasteiger partial charge in [-0.05, 0) is 18.2 Å². The Morgan fingerprint density at radius 1 is 1.17 bits per heavy atom. The molecule has 2 aromatic rings. The van der Waals surface area contributed by atoms with E-state index in [-0.39, 0.29) is 30.5 Å². The topological polar surface area (TPSA) is 40.7 Å². The molecule has 0 spiro atoms. The number of aromatic nitrogens is 2. The summed E-state index contributed by atoms with van der Waals surface area (Å²) in [6.45, 7) is 0. The van der Waals surface area contributed by atoms with Crippen molar-refractivity contribution in [1.29, 1.82) is 0 Å². The van der Waals surface area contributed by atoms with Gasteiger partial charge < -0.3 is 10.3 Å². The van der Waals surface area contributed by atoms with E-state index in [4.69, 9.17) is 0 Å². The molecule has 0 atom stereocenters. The van der Waals surface area contributed by atoms with Crippen molar-refractivity contribution in [2.24, 2.45) is 0 Å². The van der Waals surface area contributed by atoms with E-state index in [9.17, 15) is 13.2 Å². The number of rotatable bonds is 2. The van der Waals surface area contributed by atoms with Crippen LogP contribution in [0.1, 0.15) is 5.56 Å². The van der Waals surface area contributed by atoms with Gasteiger partial charge in [0.15, 0.2) is 0 Å². The molecule has 0 unspecified atom stereocenters. The Kier molecular flexibility index (Phi) is 6.00. The van der Waals surface area contributed by atoms with E-state index in [1.807, 2.05) is 0 Å². The summed E-state index contributed by atoms with van der Waals surface area (Å²) in [6, 6.07) is 4.46. The van der Waals surface area contributed by atoms with E-state index in [0.717, 1.165) is 12.3 Å². The summed E-state index contributed by atoms with van der Waals surface area (Å²) >= 11 is 0. The zero-order valence-electron chi connectivity index (χ0n) is 8.86. The van der Waals surface area contributed by atoms with Gasteiger partial charge in [-0.15, -0.1) is 24.8 Å². The normalized spacial score (nSPS) is 10.2. The third-order valence-electron chi connectivity index (χ3n) is 1.94. The molecule has 0 fully saturated rings. The lowest BCUT2D eigenvalue weighted by molar-refractivity contribution is -0.137. The number of hydrogen-bond donors (Lipinski definition) is 2. The minimum Gasteiger partial charge on any atom is -0.348 e. The first-order valence-electron chi connectivity index (χ1n) is 4.48. The molecule has 2 N–H and O–H groups in total. The largest absolute Gasteiger partial charge is 0.417 e. The first kappa shape index (κ1) is 16.6. The van der Waals surface area contributed by atoms with E-state index in [1.165, 1.54) is 6.20 Å². The Balaban J connectivity index is 0.00000144. The molecule has 0 aliphatic rings. The minimum absolute atomic E-state index is 0. The number of anilines is 2. The summed E-state index contributed by atoms with van der Waals surface area (Å²) in [5.74, 6) is 0.612. The summed E-state index contributed by atoms with van der Waals surface area (Å²) in [5, 5.41) is 2.78. The number of hydrogen-bond acceptors (Lipinski definition) is 2. The Hall–Kier alpha value is -1.40. The van der Waals surface area contributed by atoms with Crippen molar-refractivity contribution >= 4 is 36.3 Å². The second kappa shape index (κ2) is 6.51. The molecule has 3 nitrogen and oxygen atoms in total. The summed E-state index contributed by atoms with van der Waals surface area (Å²) < 4.78 is 37.1. The van der Waals surface area contributed by atoms with Crippen molar-refractivity contribution < 1.29 is 13.2 Å². The highest BCUT2D eigenvalue weighted by atomic mass is 35.5. The van der Waals surface area contributed by atoms with Gasteiger partial charge in [-0.1, -0.05) is 0 Å². The smallest absolute Gasteiger partial charge is 0.348 e. The molecule has 0 bridgehead atoms. The van der Waals surface area contributed by atoms with Crippen LogP contribution in [0.15, 0.2) is 36.8 Å². The lowest BCUT2D eigenvalue weighted by Crippen LogP contribution is -2.06. The number of nitrogens with one attached hydrogen (secondary N) is 2. The van der Waals surface area contributed by atoms with Crippen LogP contribution in [0, 0.1) is 0 Å². The Labute approximate surface area is 114 Å². The lowest BCUT2D eigenvalue weighted by atomic mass is 10.2. The van der Waals surface area contributed by atoms with Gasteiger partial charge in [0.1, 0.15) is 5.82 Å². The van der Waals surface area contributed by atoms with Gasteiger partial charge in [0.05, 0.1) is 17.4 Å². The van der Waals surface area contributed by atoms with Gasteiger partial charge >= 0.3 is 6.18 Å². The van der Waals surface area contributed by atoms with Crippen LogP contribution in [0.2, 0.25) is 0 Å². The summed E-state index contributed by atoms with van der Waals surface area (Å²) in [5.41, 5.74) is -0.485. The van der Waals surface area contributed by atoms with Gasteiger partial charge in [-0.3, -0.25) is 4.98 Å². The zero-order chi connectivity index (χ0) is 11.6. The minimum atomic E-state index is -4.37. The molecule has 2 heterocycles. The van der Waals surface area contributed by atoms with Crippen molar-refractivity contribution in [2.75, 3.05) is 5.32 Å². The Morgan fingerprint density at radius 3 is 2.44 bits per heavy atom. The van der Waals surface area contributed by atoms with Gasteiger partial charge in [0.25, 0.3) is 0 Å². The van der Waals surface area contributed by atoms with Crippen molar-refractivity contribution in [3.05, 3.63) is 42.4 Å². The molecule has 0 saturated carbocycles. The van der Waals surface area contributed by atoms with Gasteiger partial charge in [-0.2, -0.15) is 13.2 Å². The third-order valence-corrected chi connectivity index (χ3v) is 1.94. The summed E-state index contributed by atoms with van der Waals surface area (Å²) in [4.78, 5) is 6.36. The lowest BCUT2D eigenvalue weighted by Gasteiger charge is -2.08. The SMILES string of the molecule is Cl.Cl.FC(F)(F)c1cncc(Nc2ccc[nH]2)c1. The van der Waals surface area contributed by atoms with Gasteiger partial charge in [-0.25, -0.2) is 0 Å². The fourth-order valence-corrected chi connectivity index (χ4v) is 1.23. The first-order valence-corrected chi connectivity index (χ1v) is 4.48. The molecule has 0 radical (unpaired) electrons. The predicted molar refractivity (Wildman–Crippen MR) is 67.8 cm³/mol. The number of alkyl halides is 3. The van der Waals surface area contributed by atoms with Crippen LogP contribution >= 0.6 is 24.8 Å². The molecule has 0 aliphatic heterocycles. The monoisotopic (exact) mass is 299 g/mol. The van der Waals surface area contributed by atoms with E-state index < -0.39 is 11.7 Å². The Bertz CT molecular complexity index is 471. The number of pyridine rings is 1. The average molecular weight is 300 g/mol. The van der Waals surface area contributed by atoms with Gasteiger partial charge in [0.2, 0.25) is 0 Å². The average Bonchev–Trinajstić information content (AvgIpc) is 2.70. The van der Waals surface area contributed by atoms with E-state index in [0.29, 0.717) is 5.82 Å². The molecule has 2 rings (SSSR count). The fraction of sp³-hybridized carbons (Fsp3) is 0.100. The van der Waals surface area contributed by atoms with E-state index in [1.54, 1.807) is 18.3 Å². The maximum absolute atomic E-state index is 12.4. The molecule has 0 amide bonds. The van der Waals surface area contributed by atoms with Crippen molar-refractivity contribution in [2.45, 2.75) is 6.18 Å².